The van der Waals surface area contributed by atoms with E-state index in [1.807, 2.05) is 0 Å². The molecule has 0 radical (unpaired) electrons. The van der Waals surface area contributed by atoms with Crippen LogP contribution < -0.4 is 0 Å². The fourth-order valence-corrected chi connectivity index (χ4v) is 5.17. The van der Waals surface area contributed by atoms with Crippen molar-refractivity contribution < 1.29 is 52.8 Å². The summed E-state index contributed by atoms with van der Waals surface area (Å²) in [5.74, 6) is -4.98. The molecule has 0 saturated carbocycles. The van der Waals surface area contributed by atoms with Crippen LogP contribution in [0.1, 0.15) is 29.6 Å². The zero-order valence-corrected chi connectivity index (χ0v) is 23.4. The molecule has 0 aliphatic carbocycles. The van der Waals surface area contributed by atoms with Crippen LogP contribution in [0.5, 0.6) is 0 Å². The molecule has 0 atom stereocenters. The monoisotopic (exact) mass is 597 g/mol. The number of piperidine rings is 1. The minimum Gasteiger partial charge on any atom is -0.478 e. The first-order valence-electron chi connectivity index (χ1n) is 12.5. The van der Waals surface area contributed by atoms with E-state index >= 15 is 0 Å². The number of aliphatic carboxylic acids is 4. The molecule has 14 nitrogen and oxygen atoms in total. The number of carboxylic acids is 4. The first-order valence-corrected chi connectivity index (χ1v) is 14.0. The number of sulfonamides is 1. The van der Waals surface area contributed by atoms with Gasteiger partial charge in [0.05, 0.1) is 11.4 Å². The van der Waals surface area contributed by atoms with Gasteiger partial charge in [0.15, 0.2) is 5.78 Å². The molecule has 2 aliphatic heterocycles. The molecule has 1 aromatic carbocycles. The van der Waals surface area contributed by atoms with Crippen molar-refractivity contribution in [1.82, 2.24) is 14.1 Å². The highest BCUT2D eigenvalue weighted by molar-refractivity contribution is 7.89. The Morgan fingerprint density at radius 1 is 0.683 bits per heavy atom. The molecule has 1 aromatic rings. The number of nitrogens with zero attached hydrogens (tertiary/aromatic N) is 3. The van der Waals surface area contributed by atoms with Gasteiger partial charge in [0.25, 0.3) is 0 Å². The minimum absolute atomic E-state index is 0.0477. The number of piperazine rings is 1. The van der Waals surface area contributed by atoms with E-state index in [2.05, 4.69) is 16.8 Å². The van der Waals surface area contributed by atoms with Crippen LogP contribution in [-0.4, -0.2) is 125 Å². The summed E-state index contributed by atoms with van der Waals surface area (Å²) in [5, 5.41) is 31.2. The van der Waals surface area contributed by atoms with E-state index in [1.165, 1.54) is 0 Å². The fourth-order valence-electron chi connectivity index (χ4n) is 3.65. The van der Waals surface area contributed by atoms with E-state index in [-0.39, 0.29) is 10.7 Å². The number of carboxylic acid groups (broad SMARTS) is 4. The van der Waals surface area contributed by atoms with E-state index in [0.29, 0.717) is 49.5 Å². The number of hydrogen-bond donors (Lipinski definition) is 4. The maximum Gasteiger partial charge on any atom is 0.328 e. The predicted molar refractivity (Wildman–Crippen MR) is 146 cm³/mol. The van der Waals surface area contributed by atoms with Crippen molar-refractivity contribution in [3.8, 4) is 0 Å². The molecule has 2 fully saturated rings. The maximum atomic E-state index is 12.6. The highest BCUT2D eigenvalue weighted by Crippen LogP contribution is 2.21. The topological polar surface area (TPSA) is 210 Å². The van der Waals surface area contributed by atoms with Gasteiger partial charge >= 0.3 is 23.9 Å². The number of benzene rings is 1. The van der Waals surface area contributed by atoms with Gasteiger partial charge in [0.2, 0.25) is 10.0 Å². The number of rotatable bonds is 9. The molecule has 0 aromatic heterocycles. The van der Waals surface area contributed by atoms with Crippen LogP contribution in [-0.2, 0) is 29.2 Å². The molecule has 0 unspecified atom stereocenters. The van der Waals surface area contributed by atoms with Crippen LogP contribution in [0.3, 0.4) is 0 Å². The van der Waals surface area contributed by atoms with E-state index in [1.54, 1.807) is 28.6 Å². The Labute approximate surface area is 237 Å². The fraction of sp³-hybridized carbons (Fsp3) is 0.423. The van der Waals surface area contributed by atoms with Gasteiger partial charge in [-0.3, -0.25) is 9.69 Å². The molecule has 2 heterocycles. The quantitative estimate of drug-likeness (QED) is 0.229. The van der Waals surface area contributed by atoms with Crippen LogP contribution in [0.25, 0.3) is 0 Å². The highest BCUT2D eigenvalue weighted by atomic mass is 32.2. The van der Waals surface area contributed by atoms with Gasteiger partial charge in [-0.05, 0) is 32.0 Å². The first-order chi connectivity index (χ1) is 19.2. The summed E-state index contributed by atoms with van der Waals surface area (Å²) in [7, 11) is -1.35. The second-order valence-corrected chi connectivity index (χ2v) is 10.9. The summed E-state index contributed by atoms with van der Waals surface area (Å²) in [6, 6.07) is 6.44. The number of hydrogen-bond acceptors (Lipinski definition) is 9. The van der Waals surface area contributed by atoms with E-state index in [0.717, 1.165) is 45.4 Å². The molecule has 0 amide bonds. The lowest BCUT2D eigenvalue weighted by molar-refractivity contribution is -0.134. The molecule has 4 N–H and O–H groups in total. The summed E-state index contributed by atoms with van der Waals surface area (Å²) in [6.07, 6.45) is 5.16. The third-order valence-electron chi connectivity index (χ3n) is 5.83. The predicted octanol–water partition coefficient (Wildman–Crippen LogP) is 0.715. The Kier molecular flexibility index (Phi) is 15.2. The average molecular weight is 598 g/mol. The second-order valence-electron chi connectivity index (χ2n) is 9.01. The standard InChI is InChI=1S/C18H27N3O3S.2C4H4O4/c1-19-11-13-20(14-12-19)15-18(22)16-5-7-17(8-6-16)25(23,24)21-9-3-2-4-10-21;2*5-3(6)1-2-4(7)8/h5-8H,2-4,9-15H2,1H3;2*1-2H,(H,5,6)(H,7,8)/b;2*2-1+. The molecule has 0 bridgehead atoms. The Morgan fingerprint density at radius 3 is 1.49 bits per heavy atom. The van der Waals surface area contributed by atoms with Gasteiger partial charge in [-0.25, -0.2) is 27.6 Å². The van der Waals surface area contributed by atoms with Gasteiger partial charge < -0.3 is 25.3 Å². The van der Waals surface area contributed by atoms with Gasteiger partial charge in [-0.2, -0.15) is 4.31 Å². The number of carbonyl (C=O) groups is 5. The van der Waals surface area contributed by atoms with Crippen LogP contribution in [0, 0.1) is 0 Å². The van der Waals surface area contributed by atoms with Crippen molar-refractivity contribution in [2.24, 2.45) is 0 Å². The first kappa shape index (κ1) is 35.1. The summed E-state index contributed by atoms with van der Waals surface area (Å²) >= 11 is 0. The molecule has 2 saturated heterocycles. The largest absolute Gasteiger partial charge is 0.478 e. The molecule has 2 aliphatic rings. The van der Waals surface area contributed by atoms with Crippen molar-refractivity contribution in [3.63, 3.8) is 0 Å². The summed E-state index contributed by atoms with van der Waals surface area (Å²) in [4.78, 5) is 55.3. The SMILES string of the molecule is CN1CCN(CC(=O)c2ccc(S(=O)(=O)N3CCCCC3)cc2)CC1.O=C(O)/C=C/C(=O)O.O=C(O)/C=C/C(=O)O. The van der Waals surface area contributed by atoms with Gasteiger partial charge in [-0.1, -0.05) is 18.6 Å². The lowest BCUT2D eigenvalue weighted by atomic mass is 10.1. The van der Waals surface area contributed by atoms with Crippen LogP contribution in [0.15, 0.2) is 53.5 Å². The third kappa shape index (κ3) is 14.3. The molecule has 15 heteroatoms. The van der Waals surface area contributed by atoms with E-state index in [4.69, 9.17) is 20.4 Å². The van der Waals surface area contributed by atoms with Crippen molar-refractivity contribution in [1.29, 1.82) is 0 Å². The summed E-state index contributed by atoms with van der Waals surface area (Å²) < 4.78 is 26.8. The smallest absolute Gasteiger partial charge is 0.328 e. The normalized spacial score (nSPS) is 16.7. The summed E-state index contributed by atoms with van der Waals surface area (Å²) in [5.41, 5.74) is 0.580. The van der Waals surface area contributed by atoms with Crippen LogP contribution >= 0.6 is 0 Å². The maximum absolute atomic E-state index is 12.6. The lowest BCUT2D eigenvalue weighted by Crippen LogP contribution is -2.46. The zero-order valence-electron chi connectivity index (χ0n) is 22.6. The van der Waals surface area contributed by atoms with E-state index < -0.39 is 33.9 Å². The van der Waals surface area contributed by atoms with Crippen molar-refractivity contribution in [2.45, 2.75) is 24.2 Å². The van der Waals surface area contributed by atoms with Gasteiger partial charge in [0.1, 0.15) is 0 Å². The van der Waals surface area contributed by atoms with E-state index in [9.17, 15) is 32.4 Å². The van der Waals surface area contributed by atoms with Crippen LogP contribution in [0.4, 0.5) is 0 Å². The molecule has 3 rings (SSSR count). The van der Waals surface area contributed by atoms with Crippen molar-refractivity contribution in [3.05, 3.63) is 54.1 Å². The number of carbonyl (C=O) groups excluding carboxylic acids is 1. The highest BCUT2D eigenvalue weighted by Gasteiger charge is 2.26. The minimum atomic E-state index is -3.43. The average Bonchev–Trinajstić information content (AvgIpc) is 2.93. The van der Waals surface area contributed by atoms with Crippen LogP contribution in [0.2, 0.25) is 0 Å². The zero-order chi connectivity index (χ0) is 31.0. The van der Waals surface area contributed by atoms with Crippen molar-refractivity contribution >= 4 is 39.7 Å². The summed E-state index contributed by atoms with van der Waals surface area (Å²) in [6.45, 7) is 5.30. The number of likely N-dealkylation sites (N-methyl/N-ethyl adjacent to an activating group) is 1. The molecule has 41 heavy (non-hydrogen) atoms. The van der Waals surface area contributed by atoms with Crippen molar-refractivity contribution in [2.75, 3.05) is 52.9 Å². The Morgan fingerprint density at radius 2 is 1.10 bits per heavy atom. The Bertz CT molecular complexity index is 1150. The molecule has 226 valence electrons. The number of Topliss-reactive ketones (excluding diaryl/α,β-unsaturated/α-hetero) is 1. The van der Waals surface area contributed by atoms with Gasteiger partial charge in [-0.15, -0.1) is 0 Å². The Hall–Kier alpha value is -3.92. The Balaban J connectivity index is 0.000000433. The molecule has 0 spiro atoms. The lowest BCUT2D eigenvalue weighted by Gasteiger charge is -2.31. The van der Waals surface area contributed by atoms with Gasteiger partial charge in [0, 0.05) is 69.1 Å². The third-order valence-corrected chi connectivity index (χ3v) is 7.74. The second kappa shape index (κ2) is 17.7. The molecular weight excluding hydrogens is 562 g/mol. The number of ketones is 1. The molecular formula is C26H35N3O11S.